The maximum Gasteiger partial charge on any atom is 0.330 e. The quantitative estimate of drug-likeness (QED) is 0.00569. The lowest BCUT2D eigenvalue weighted by Gasteiger charge is -2.27. The average Bonchev–Trinajstić information content (AvgIpc) is 4.01. The number of hydrogen-bond acceptors (Lipinski definition) is 19. The molecule has 2 fully saturated rings. The number of fused-ring (bicyclic) bond motifs is 1. The zero-order valence-electron chi connectivity index (χ0n) is 48.6. The van der Waals surface area contributed by atoms with E-state index in [2.05, 4.69) is 19.7 Å². The summed E-state index contributed by atoms with van der Waals surface area (Å²) in [6.07, 6.45) is 18.0. The third-order valence-corrected chi connectivity index (χ3v) is 15.8. The molecule has 19 heteroatoms. The number of hydrazone groups is 1. The highest BCUT2D eigenvalue weighted by Crippen LogP contribution is 2.35. The molecule has 1 aromatic heterocycles. The molecule has 2 aliphatic rings. The number of ether oxygens (including phenoxy) is 6. The molecule has 0 spiro atoms. The summed E-state index contributed by atoms with van der Waals surface area (Å²) >= 11 is 1.52. The van der Waals surface area contributed by atoms with Gasteiger partial charge < -0.3 is 43.3 Å². The first-order valence-corrected chi connectivity index (χ1v) is 30.5. The van der Waals surface area contributed by atoms with Crippen molar-refractivity contribution in [3.05, 3.63) is 134 Å². The van der Waals surface area contributed by atoms with E-state index in [0.29, 0.717) is 124 Å². The Kier molecular flexibility index (Phi) is 27.8. The molecule has 0 aliphatic heterocycles. The number of unbranched alkanes of at least 4 members (excludes halogenated alkanes) is 6. The second kappa shape index (κ2) is 36.3. The summed E-state index contributed by atoms with van der Waals surface area (Å²) in [7, 11) is 0. The van der Waals surface area contributed by atoms with Crippen molar-refractivity contribution < 1.29 is 72.3 Å². The smallest absolute Gasteiger partial charge is 0.330 e. The van der Waals surface area contributed by atoms with Crippen molar-refractivity contribution >= 4 is 56.8 Å². The normalized spacial score (nSPS) is 16.7. The van der Waals surface area contributed by atoms with E-state index < -0.39 is 11.9 Å². The standard InChI is InChI=1S/C66H81N3O15S/c1-4-62(71)77-41-14-8-6-12-39-75-54-28-32-56(33-29-54)81-64(73)51-24-22-50(23-25-51)47-80-84-60-37-36-58(43-53(60)44-67-69(38-16-17-48(3)45-70)66-68-59-18-10-11-19-61(59)85-66)82-65(74)52-26-20-49(21-27-52)46-79-83-57-34-30-55(31-35-57)76-40-13-7-9-15-42-78-63(72)5-2/h4-5,10-11,18-19,28-37,43-44,49-52,70H,1-3,6-9,12-17,20-27,38-42,45-47H2/b67-44+. The predicted molar refractivity (Wildman–Crippen MR) is 325 cm³/mol. The van der Waals surface area contributed by atoms with Gasteiger partial charge in [-0.2, -0.15) is 14.9 Å². The monoisotopic (exact) mass is 1190 g/mol. The zero-order chi connectivity index (χ0) is 59.9. The van der Waals surface area contributed by atoms with E-state index in [4.69, 9.17) is 58.1 Å². The highest BCUT2D eigenvalue weighted by molar-refractivity contribution is 7.22. The summed E-state index contributed by atoms with van der Waals surface area (Å²) in [5, 5.41) is 17.0. The fourth-order valence-electron chi connectivity index (χ4n) is 9.70. The van der Waals surface area contributed by atoms with E-state index in [0.717, 1.165) is 105 Å². The molecule has 7 rings (SSSR count). The molecule has 1 N–H and O–H groups in total. The Labute approximate surface area is 502 Å². The summed E-state index contributed by atoms with van der Waals surface area (Å²) in [4.78, 5) is 77.3. The lowest BCUT2D eigenvalue weighted by atomic mass is 9.82. The van der Waals surface area contributed by atoms with E-state index in [-0.39, 0.29) is 42.2 Å². The van der Waals surface area contributed by atoms with Crippen molar-refractivity contribution in [2.45, 2.75) is 116 Å². The van der Waals surface area contributed by atoms with Crippen LogP contribution in [-0.4, -0.2) is 93.0 Å². The summed E-state index contributed by atoms with van der Waals surface area (Å²) in [5.41, 5.74) is 2.09. The number of para-hydroxylation sites is 1. The Morgan fingerprint density at radius 2 is 1.11 bits per heavy atom. The molecular formula is C66H81N3O15S. The minimum atomic E-state index is -0.404. The van der Waals surface area contributed by atoms with Crippen molar-refractivity contribution in [2.24, 2.45) is 28.8 Å². The molecule has 2 saturated carbocycles. The first-order chi connectivity index (χ1) is 41.5. The number of carbonyl (C=O) groups is 4. The number of hydrogen-bond donors (Lipinski definition) is 1. The lowest BCUT2D eigenvalue weighted by Crippen LogP contribution is -2.27. The summed E-state index contributed by atoms with van der Waals surface area (Å²) < 4.78 is 34.6. The maximum absolute atomic E-state index is 13.7. The molecule has 456 valence electrons. The van der Waals surface area contributed by atoms with Crippen LogP contribution in [-0.2, 0) is 38.4 Å². The van der Waals surface area contributed by atoms with E-state index in [1.807, 2.05) is 41.4 Å². The third kappa shape index (κ3) is 23.1. The Balaban J connectivity index is 0.870. The molecule has 0 saturated heterocycles. The van der Waals surface area contributed by atoms with Crippen LogP contribution in [0.3, 0.4) is 0 Å². The Morgan fingerprint density at radius 1 is 0.600 bits per heavy atom. The number of rotatable bonds is 38. The number of nitrogens with zero attached hydrogens (tertiary/aromatic N) is 3. The molecule has 1 heterocycles. The minimum absolute atomic E-state index is 0.0940. The number of aliphatic hydroxyl groups excluding tert-OH is 1. The van der Waals surface area contributed by atoms with Crippen LogP contribution in [0.4, 0.5) is 5.13 Å². The topological polar surface area (TPSA) is 209 Å². The molecule has 18 nitrogen and oxygen atoms in total. The Morgan fingerprint density at radius 3 is 1.66 bits per heavy atom. The van der Waals surface area contributed by atoms with Crippen molar-refractivity contribution in [3.8, 4) is 34.5 Å². The van der Waals surface area contributed by atoms with Crippen molar-refractivity contribution in [1.29, 1.82) is 0 Å². The van der Waals surface area contributed by atoms with Gasteiger partial charge >= 0.3 is 23.9 Å². The van der Waals surface area contributed by atoms with Crippen LogP contribution in [0.15, 0.2) is 134 Å². The lowest BCUT2D eigenvalue weighted by molar-refractivity contribution is -0.218. The van der Waals surface area contributed by atoms with Gasteiger partial charge in [0.1, 0.15) is 23.0 Å². The fourth-order valence-corrected chi connectivity index (χ4v) is 10.7. The van der Waals surface area contributed by atoms with E-state index in [9.17, 15) is 24.3 Å². The van der Waals surface area contributed by atoms with Gasteiger partial charge in [0.05, 0.1) is 74.5 Å². The van der Waals surface area contributed by atoms with Crippen LogP contribution in [0.5, 0.6) is 34.5 Å². The molecular weight excluding hydrogens is 1110 g/mol. The van der Waals surface area contributed by atoms with Crippen molar-refractivity contribution in [2.75, 3.05) is 57.8 Å². The number of aromatic nitrogens is 1. The second-order valence-electron chi connectivity index (χ2n) is 21.3. The molecule has 0 atom stereocenters. The van der Waals surface area contributed by atoms with Gasteiger partial charge in [0.2, 0.25) is 5.13 Å². The highest BCUT2D eigenvalue weighted by atomic mass is 32.1. The number of carbonyl (C=O) groups excluding carboxylic acids is 4. The number of anilines is 1. The molecule has 0 bridgehead atoms. The Hall–Kier alpha value is -7.58. The molecule has 85 heavy (non-hydrogen) atoms. The number of aliphatic hydroxyl groups is 1. The van der Waals surface area contributed by atoms with E-state index in [1.165, 1.54) is 17.4 Å². The van der Waals surface area contributed by atoms with Crippen LogP contribution in [0.2, 0.25) is 0 Å². The van der Waals surface area contributed by atoms with E-state index >= 15 is 0 Å². The SMILES string of the molecule is C=CC(=O)OCCCCCCOc1ccc(OOCC2CCC(C(=O)Oc3ccc(OOCC4CCC(C(=O)Oc5ccc(OCCCCCCOC(=O)C=C)cc5)CC4)c(/C=N/N(CCCC(=C)CO)c4nc5ccccc5s4)c3)CC2)cc1. The summed E-state index contributed by atoms with van der Waals surface area (Å²) in [6.45, 7) is 13.7. The number of esters is 4. The van der Waals surface area contributed by atoms with Gasteiger partial charge in [-0.05, 0) is 206 Å². The van der Waals surface area contributed by atoms with Crippen LogP contribution >= 0.6 is 11.3 Å². The number of thiazole rings is 1. The maximum atomic E-state index is 13.7. The van der Waals surface area contributed by atoms with Gasteiger partial charge in [-0.15, -0.1) is 0 Å². The van der Waals surface area contributed by atoms with Gasteiger partial charge in [0, 0.05) is 24.3 Å². The molecule has 2 aliphatic carbocycles. The number of benzene rings is 4. The van der Waals surface area contributed by atoms with E-state index in [1.54, 1.807) is 60.8 Å². The molecule has 0 amide bonds. The fraction of sp³-hybridized carbons (Fsp3) is 0.455. The van der Waals surface area contributed by atoms with Crippen LogP contribution in [0, 0.1) is 23.7 Å². The van der Waals surface area contributed by atoms with Gasteiger partial charge in [-0.25, -0.2) is 19.6 Å². The van der Waals surface area contributed by atoms with Crippen LogP contribution < -0.4 is 33.7 Å². The first kappa shape index (κ1) is 65.0. The summed E-state index contributed by atoms with van der Waals surface area (Å²) in [6, 6.07) is 27.3. The molecule has 4 aromatic carbocycles. The van der Waals surface area contributed by atoms with Crippen molar-refractivity contribution in [1.82, 2.24) is 4.98 Å². The predicted octanol–water partition coefficient (Wildman–Crippen LogP) is 13.2. The first-order valence-electron chi connectivity index (χ1n) is 29.7. The second-order valence-corrected chi connectivity index (χ2v) is 22.3. The molecule has 0 unspecified atom stereocenters. The minimum Gasteiger partial charge on any atom is -0.494 e. The van der Waals surface area contributed by atoms with Gasteiger partial charge in [-0.3, -0.25) is 9.59 Å². The van der Waals surface area contributed by atoms with Gasteiger partial charge in [0.15, 0.2) is 11.5 Å². The van der Waals surface area contributed by atoms with Crippen molar-refractivity contribution in [3.63, 3.8) is 0 Å². The molecule has 0 radical (unpaired) electrons. The van der Waals surface area contributed by atoms with Crippen LogP contribution in [0.25, 0.3) is 10.2 Å². The van der Waals surface area contributed by atoms with Crippen LogP contribution in [0.1, 0.15) is 121 Å². The van der Waals surface area contributed by atoms with Gasteiger partial charge in [-0.1, -0.05) is 48.8 Å². The van der Waals surface area contributed by atoms with Gasteiger partial charge in [0.25, 0.3) is 0 Å². The zero-order valence-corrected chi connectivity index (χ0v) is 49.4. The highest BCUT2D eigenvalue weighted by Gasteiger charge is 2.30. The molecule has 5 aromatic rings. The largest absolute Gasteiger partial charge is 0.494 e. The Bertz CT molecular complexity index is 2880. The average molecular weight is 1190 g/mol. The third-order valence-electron chi connectivity index (χ3n) is 14.7. The summed E-state index contributed by atoms with van der Waals surface area (Å²) in [5.74, 6) is 1.61.